The van der Waals surface area contributed by atoms with Crippen LogP contribution in [0.1, 0.15) is 43.6 Å². The molecule has 2 atom stereocenters. The summed E-state index contributed by atoms with van der Waals surface area (Å²) in [5, 5.41) is 3.57. The molecule has 0 amide bonds. The first-order chi connectivity index (χ1) is 8.81. The summed E-state index contributed by atoms with van der Waals surface area (Å²) in [7, 11) is 0. The fraction of sp³-hybridized carbons (Fsp3) is 0.714. The minimum absolute atomic E-state index is 0.228. The molecule has 2 heterocycles. The van der Waals surface area contributed by atoms with Crippen LogP contribution in [0, 0.1) is 12.8 Å². The molecule has 1 aliphatic rings. The molecule has 2 rings (SSSR count). The average molecular weight is 249 g/mol. The van der Waals surface area contributed by atoms with Gasteiger partial charge in [0.25, 0.3) is 0 Å². The summed E-state index contributed by atoms with van der Waals surface area (Å²) >= 11 is 0. The summed E-state index contributed by atoms with van der Waals surface area (Å²) in [5.74, 6) is 1.40. The summed E-state index contributed by atoms with van der Waals surface area (Å²) < 4.78 is 5.59. The Morgan fingerprint density at radius 1 is 1.44 bits per heavy atom. The van der Waals surface area contributed by atoms with Crippen LogP contribution in [0.15, 0.2) is 12.4 Å². The van der Waals surface area contributed by atoms with Gasteiger partial charge in [0.05, 0.1) is 12.6 Å². The van der Waals surface area contributed by atoms with Crippen LogP contribution in [-0.4, -0.2) is 29.7 Å². The zero-order chi connectivity index (χ0) is 12.8. The van der Waals surface area contributed by atoms with E-state index in [1.807, 2.05) is 19.3 Å². The predicted molar refractivity (Wildman–Crippen MR) is 71.3 cm³/mol. The van der Waals surface area contributed by atoms with Gasteiger partial charge in [-0.25, -0.2) is 9.97 Å². The minimum atomic E-state index is 0.228. The highest BCUT2D eigenvalue weighted by molar-refractivity contribution is 5.06. The van der Waals surface area contributed by atoms with Gasteiger partial charge in [0, 0.05) is 24.9 Å². The predicted octanol–water partition coefficient (Wildman–Crippen LogP) is 2.25. The Labute approximate surface area is 109 Å². The summed E-state index contributed by atoms with van der Waals surface area (Å²) in [6, 6.07) is 0.228. The molecule has 0 bridgehead atoms. The molecule has 0 saturated carbocycles. The lowest BCUT2D eigenvalue weighted by Crippen LogP contribution is -2.35. The molecular formula is C14H23N3O. The highest BCUT2D eigenvalue weighted by Gasteiger charge is 2.26. The lowest BCUT2D eigenvalue weighted by molar-refractivity contribution is 0.0376. The Balaban J connectivity index is 2.10. The lowest BCUT2D eigenvalue weighted by Gasteiger charge is -2.30. The second-order valence-electron chi connectivity index (χ2n) is 5.03. The van der Waals surface area contributed by atoms with Gasteiger partial charge in [-0.3, -0.25) is 0 Å². The van der Waals surface area contributed by atoms with Crippen LogP contribution < -0.4 is 5.32 Å². The average Bonchev–Trinajstić information content (AvgIpc) is 2.42. The van der Waals surface area contributed by atoms with Crippen LogP contribution in [-0.2, 0) is 4.74 Å². The van der Waals surface area contributed by atoms with Gasteiger partial charge in [-0.2, -0.15) is 0 Å². The van der Waals surface area contributed by atoms with E-state index in [2.05, 4.69) is 22.2 Å². The maximum atomic E-state index is 5.59. The second-order valence-corrected chi connectivity index (χ2v) is 5.03. The van der Waals surface area contributed by atoms with Crippen molar-refractivity contribution < 1.29 is 4.74 Å². The molecule has 1 saturated heterocycles. The third-order valence-electron chi connectivity index (χ3n) is 3.36. The van der Waals surface area contributed by atoms with E-state index in [9.17, 15) is 0 Å². The summed E-state index contributed by atoms with van der Waals surface area (Å²) in [4.78, 5) is 8.96. The molecule has 4 nitrogen and oxygen atoms in total. The minimum Gasteiger partial charge on any atom is -0.381 e. The number of rotatable bonds is 5. The van der Waals surface area contributed by atoms with Gasteiger partial charge in [0.1, 0.15) is 5.82 Å². The molecule has 0 aliphatic carbocycles. The van der Waals surface area contributed by atoms with E-state index in [4.69, 9.17) is 4.74 Å². The van der Waals surface area contributed by atoms with Crippen LogP contribution in [0.2, 0.25) is 0 Å². The lowest BCUT2D eigenvalue weighted by atomic mass is 9.93. The Morgan fingerprint density at radius 3 is 2.83 bits per heavy atom. The number of aromatic nitrogens is 2. The van der Waals surface area contributed by atoms with Gasteiger partial charge in [-0.1, -0.05) is 6.92 Å². The summed E-state index contributed by atoms with van der Waals surface area (Å²) in [5.41, 5.74) is 1.10. The highest BCUT2D eigenvalue weighted by Crippen LogP contribution is 2.26. The normalized spacial score (nSPS) is 21.8. The van der Waals surface area contributed by atoms with Gasteiger partial charge < -0.3 is 10.1 Å². The molecule has 1 aromatic heterocycles. The van der Waals surface area contributed by atoms with Crippen molar-refractivity contribution in [2.75, 3.05) is 19.8 Å². The van der Waals surface area contributed by atoms with Crippen molar-refractivity contribution >= 4 is 0 Å². The maximum absolute atomic E-state index is 5.59. The third kappa shape index (κ3) is 3.50. The van der Waals surface area contributed by atoms with Crippen LogP contribution in [0.4, 0.5) is 0 Å². The second kappa shape index (κ2) is 6.81. The van der Waals surface area contributed by atoms with Gasteiger partial charge in [0.2, 0.25) is 0 Å². The Hall–Kier alpha value is -1.00. The molecule has 100 valence electrons. The molecule has 1 N–H and O–H groups in total. The van der Waals surface area contributed by atoms with E-state index in [-0.39, 0.29) is 6.04 Å². The van der Waals surface area contributed by atoms with Crippen molar-refractivity contribution in [3.8, 4) is 0 Å². The van der Waals surface area contributed by atoms with Gasteiger partial charge in [-0.05, 0) is 38.3 Å². The van der Waals surface area contributed by atoms with Gasteiger partial charge in [-0.15, -0.1) is 0 Å². The number of nitrogens with zero attached hydrogens (tertiary/aromatic N) is 2. The molecule has 0 aromatic carbocycles. The highest BCUT2D eigenvalue weighted by atomic mass is 16.5. The monoisotopic (exact) mass is 249 g/mol. The van der Waals surface area contributed by atoms with Crippen LogP contribution in [0.25, 0.3) is 0 Å². The van der Waals surface area contributed by atoms with E-state index < -0.39 is 0 Å². The van der Waals surface area contributed by atoms with Crippen molar-refractivity contribution in [3.05, 3.63) is 23.8 Å². The molecule has 0 radical (unpaired) electrons. The van der Waals surface area contributed by atoms with E-state index in [1.165, 1.54) is 6.42 Å². The van der Waals surface area contributed by atoms with Crippen LogP contribution in [0.5, 0.6) is 0 Å². The van der Waals surface area contributed by atoms with Gasteiger partial charge >= 0.3 is 0 Å². The van der Waals surface area contributed by atoms with Crippen molar-refractivity contribution in [3.63, 3.8) is 0 Å². The first-order valence-corrected chi connectivity index (χ1v) is 6.91. The van der Waals surface area contributed by atoms with Crippen molar-refractivity contribution in [1.29, 1.82) is 0 Å². The number of hydrogen-bond donors (Lipinski definition) is 1. The quantitative estimate of drug-likeness (QED) is 0.869. The number of hydrogen-bond acceptors (Lipinski definition) is 4. The smallest absolute Gasteiger partial charge is 0.145 e. The van der Waals surface area contributed by atoms with E-state index in [0.29, 0.717) is 5.92 Å². The van der Waals surface area contributed by atoms with E-state index >= 15 is 0 Å². The maximum Gasteiger partial charge on any atom is 0.145 e. The third-order valence-corrected chi connectivity index (χ3v) is 3.36. The molecule has 1 aromatic rings. The number of nitrogens with one attached hydrogen (secondary N) is 1. The molecule has 18 heavy (non-hydrogen) atoms. The van der Waals surface area contributed by atoms with Crippen molar-refractivity contribution in [2.45, 2.75) is 39.2 Å². The van der Waals surface area contributed by atoms with Crippen molar-refractivity contribution in [2.24, 2.45) is 5.92 Å². The Bertz CT molecular complexity index is 347. The molecule has 2 unspecified atom stereocenters. The molecule has 1 aliphatic heterocycles. The first-order valence-electron chi connectivity index (χ1n) is 6.91. The molecule has 1 fully saturated rings. The Morgan fingerprint density at radius 2 is 2.22 bits per heavy atom. The van der Waals surface area contributed by atoms with Crippen LogP contribution in [0.3, 0.4) is 0 Å². The van der Waals surface area contributed by atoms with E-state index in [1.54, 1.807) is 0 Å². The standard InChI is InChI=1S/C14H23N3O/c1-3-6-15-13(12-5-4-7-18-10-12)14-16-8-11(2)9-17-14/h8-9,12-13,15H,3-7,10H2,1-2H3. The largest absolute Gasteiger partial charge is 0.381 e. The zero-order valence-electron chi connectivity index (χ0n) is 11.4. The Kier molecular flexibility index (Phi) is 5.08. The molecule has 4 heteroatoms. The fourth-order valence-corrected chi connectivity index (χ4v) is 2.36. The zero-order valence-corrected chi connectivity index (χ0v) is 11.4. The molecular weight excluding hydrogens is 226 g/mol. The van der Waals surface area contributed by atoms with Crippen LogP contribution >= 0.6 is 0 Å². The summed E-state index contributed by atoms with van der Waals surface area (Å²) in [6.07, 6.45) is 7.24. The first kappa shape index (κ1) is 13.4. The van der Waals surface area contributed by atoms with E-state index in [0.717, 1.165) is 44.0 Å². The number of aryl methyl sites for hydroxylation is 1. The summed E-state index contributed by atoms with van der Waals surface area (Å²) in [6.45, 7) is 6.90. The number of ether oxygens (including phenoxy) is 1. The topological polar surface area (TPSA) is 47.0 Å². The van der Waals surface area contributed by atoms with Crippen molar-refractivity contribution in [1.82, 2.24) is 15.3 Å². The van der Waals surface area contributed by atoms with Gasteiger partial charge in [0.15, 0.2) is 0 Å². The molecule has 0 spiro atoms. The fourth-order valence-electron chi connectivity index (χ4n) is 2.36. The SMILES string of the molecule is CCCNC(c1ncc(C)cn1)C1CCCOC1.